The van der Waals surface area contributed by atoms with Crippen LogP contribution in [0.3, 0.4) is 0 Å². The fourth-order valence-corrected chi connectivity index (χ4v) is 1.68. The van der Waals surface area contributed by atoms with E-state index in [0.717, 1.165) is 37.7 Å². The van der Waals surface area contributed by atoms with Gasteiger partial charge in [0.2, 0.25) is 5.89 Å². The minimum atomic E-state index is 0.293. The summed E-state index contributed by atoms with van der Waals surface area (Å²) in [4.78, 5) is 4.35. The van der Waals surface area contributed by atoms with Crippen LogP contribution >= 0.6 is 0 Å². The van der Waals surface area contributed by atoms with Gasteiger partial charge in [-0.3, -0.25) is 0 Å². The molecule has 1 aliphatic heterocycles. The smallest absolute Gasteiger partial charge is 0.232 e. The van der Waals surface area contributed by atoms with Gasteiger partial charge in [0.05, 0.1) is 19.1 Å². The van der Waals surface area contributed by atoms with Crippen LogP contribution in [0.15, 0.2) is 4.52 Å². The van der Waals surface area contributed by atoms with E-state index >= 15 is 0 Å². The molecule has 0 bridgehead atoms. The molecular weight excluding hydrogens is 194 g/mol. The summed E-state index contributed by atoms with van der Waals surface area (Å²) in [7, 11) is 0. The van der Waals surface area contributed by atoms with Crippen LogP contribution in [-0.2, 0) is 11.3 Å². The van der Waals surface area contributed by atoms with Crippen molar-refractivity contribution < 1.29 is 9.26 Å². The lowest BCUT2D eigenvalue weighted by Crippen LogP contribution is -2.16. The van der Waals surface area contributed by atoms with Crippen molar-refractivity contribution in [3.8, 4) is 0 Å². The van der Waals surface area contributed by atoms with Gasteiger partial charge in [-0.05, 0) is 19.4 Å². The molecule has 1 fully saturated rings. The summed E-state index contributed by atoms with van der Waals surface area (Å²) < 4.78 is 10.6. The van der Waals surface area contributed by atoms with Crippen LogP contribution in [0.1, 0.15) is 37.4 Å². The van der Waals surface area contributed by atoms with Gasteiger partial charge >= 0.3 is 0 Å². The normalized spacial score (nSPS) is 21.8. The van der Waals surface area contributed by atoms with E-state index in [1.165, 1.54) is 0 Å². The van der Waals surface area contributed by atoms with Gasteiger partial charge in [0.1, 0.15) is 0 Å². The molecule has 1 N–H and O–H groups in total. The fourth-order valence-electron chi connectivity index (χ4n) is 1.68. The summed E-state index contributed by atoms with van der Waals surface area (Å²) in [6.07, 6.45) is 2.17. The van der Waals surface area contributed by atoms with Gasteiger partial charge in [-0.2, -0.15) is 4.98 Å². The van der Waals surface area contributed by atoms with E-state index in [-0.39, 0.29) is 0 Å². The second-order valence-corrected chi connectivity index (χ2v) is 3.74. The molecule has 0 amide bonds. The molecular formula is C10H17N3O2. The van der Waals surface area contributed by atoms with Gasteiger partial charge in [0.25, 0.3) is 0 Å². The van der Waals surface area contributed by atoms with Gasteiger partial charge in [-0.15, -0.1) is 0 Å². The van der Waals surface area contributed by atoms with E-state index in [1.54, 1.807) is 0 Å². The van der Waals surface area contributed by atoms with E-state index in [9.17, 15) is 0 Å². The molecule has 0 aromatic carbocycles. The molecule has 0 radical (unpaired) electrons. The average Bonchev–Trinajstić information content (AvgIpc) is 2.76. The largest absolute Gasteiger partial charge is 0.381 e. The number of rotatable bonds is 4. The molecule has 0 saturated carbocycles. The number of hydrogen-bond donors (Lipinski definition) is 1. The summed E-state index contributed by atoms with van der Waals surface area (Å²) in [5, 5.41) is 7.09. The number of hydrogen-bond acceptors (Lipinski definition) is 5. The monoisotopic (exact) mass is 211 g/mol. The average molecular weight is 211 g/mol. The van der Waals surface area contributed by atoms with Crippen LogP contribution in [0.2, 0.25) is 0 Å². The third-order valence-corrected chi connectivity index (χ3v) is 2.53. The molecule has 15 heavy (non-hydrogen) atoms. The lowest BCUT2D eigenvalue weighted by Gasteiger charge is -2.17. The van der Waals surface area contributed by atoms with Gasteiger partial charge in [-0.1, -0.05) is 12.1 Å². The van der Waals surface area contributed by atoms with Gasteiger partial charge in [0.15, 0.2) is 5.82 Å². The van der Waals surface area contributed by atoms with Crippen LogP contribution in [0.4, 0.5) is 0 Å². The first-order valence-electron chi connectivity index (χ1n) is 5.51. The molecule has 2 heterocycles. The zero-order valence-electron chi connectivity index (χ0n) is 9.03. The molecule has 84 valence electrons. The van der Waals surface area contributed by atoms with Crippen LogP contribution < -0.4 is 5.32 Å². The van der Waals surface area contributed by atoms with Crippen molar-refractivity contribution >= 4 is 0 Å². The zero-order chi connectivity index (χ0) is 10.5. The Kier molecular flexibility index (Phi) is 3.69. The Balaban J connectivity index is 1.93. The second kappa shape index (κ2) is 5.23. The standard InChI is InChI=1S/C10H17N3O2/c1-2-11-6-9-12-10(15-13-9)8-4-3-5-14-7-8/h8,11H,2-7H2,1H3. The molecule has 0 spiro atoms. The molecule has 1 aromatic heterocycles. The topological polar surface area (TPSA) is 60.2 Å². The van der Waals surface area contributed by atoms with Gasteiger partial charge < -0.3 is 14.6 Å². The molecule has 1 aliphatic rings. The van der Waals surface area contributed by atoms with Crippen molar-refractivity contribution in [2.75, 3.05) is 19.8 Å². The Morgan fingerprint density at radius 1 is 1.53 bits per heavy atom. The van der Waals surface area contributed by atoms with E-state index in [2.05, 4.69) is 22.4 Å². The van der Waals surface area contributed by atoms with Gasteiger partial charge in [-0.25, -0.2) is 0 Å². The third-order valence-electron chi connectivity index (χ3n) is 2.53. The predicted octanol–water partition coefficient (Wildman–Crippen LogP) is 1.07. The van der Waals surface area contributed by atoms with E-state index in [4.69, 9.17) is 9.26 Å². The van der Waals surface area contributed by atoms with Crippen molar-refractivity contribution in [3.05, 3.63) is 11.7 Å². The number of aromatic nitrogens is 2. The lowest BCUT2D eigenvalue weighted by atomic mass is 10.0. The minimum absolute atomic E-state index is 0.293. The highest BCUT2D eigenvalue weighted by Crippen LogP contribution is 2.23. The highest BCUT2D eigenvalue weighted by atomic mass is 16.5. The molecule has 2 rings (SSSR count). The Morgan fingerprint density at radius 2 is 2.47 bits per heavy atom. The molecule has 5 nitrogen and oxygen atoms in total. The maximum atomic E-state index is 5.38. The lowest BCUT2D eigenvalue weighted by molar-refractivity contribution is 0.0705. The highest BCUT2D eigenvalue weighted by Gasteiger charge is 2.21. The van der Waals surface area contributed by atoms with Crippen LogP contribution in [-0.4, -0.2) is 29.9 Å². The maximum Gasteiger partial charge on any atom is 0.232 e. The predicted molar refractivity (Wildman–Crippen MR) is 54.5 cm³/mol. The Labute approximate surface area is 89.2 Å². The van der Waals surface area contributed by atoms with Crippen LogP contribution in [0.5, 0.6) is 0 Å². The first-order chi connectivity index (χ1) is 7.40. The van der Waals surface area contributed by atoms with E-state index in [0.29, 0.717) is 19.1 Å². The van der Waals surface area contributed by atoms with Crippen LogP contribution in [0.25, 0.3) is 0 Å². The molecule has 5 heteroatoms. The maximum absolute atomic E-state index is 5.38. The Hall–Kier alpha value is -0.940. The minimum Gasteiger partial charge on any atom is -0.381 e. The summed E-state index contributed by atoms with van der Waals surface area (Å²) >= 11 is 0. The molecule has 1 atom stereocenters. The summed E-state index contributed by atoms with van der Waals surface area (Å²) in [5.41, 5.74) is 0. The zero-order valence-corrected chi connectivity index (χ0v) is 9.03. The van der Waals surface area contributed by atoms with Crippen molar-refractivity contribution in [3.63, 3.8) is 0 Å². The fraction of sp³-hybridized carbons (Fsp3) is 0.800. The summed E-state index contributed by atoms with van der Waals surface area (Å²) in [6.45, 7) is 5.21. The first kappa shape index (κ1) is 10.6. The van der Waals surface area contributed by atoms with Crippen molar-refractivity contribution in [2.24, 2.45) is 0 Å². The van der Waals surface area contributed by atoms with Crippen molar-refractivity contribution in [1.82, 2.24) is 15.5 Å². The third kappa shape index (κ3) is 2.76. The SMILES string of the molecule is CCNCc1noc(C2CCCOC2)n1. The van der Waals surface area contributed by atoms with E-state index < -0.39 is 0 Å². The molecule has 1 saturated heterocycles. The molecule has 0 aliphatic carbocycles. The summed E-state index contributed by atoms with van der Waals surface area (Å²) in [5.74, 6) is 1.75. The van der Waals surface area contributed by atoms with Crippen LogP contribution in [0, 0.1) is 0 Å². The van der Waals surface area contributed by atoms with Crippen molar-refractivity contribution in [1.29, 1.82) is 0 Å². The number of ether oxygens (including phenoxy) is 1. The Morgan fingerprint density at radius 3 is 3.20 bits per heavy atom. The quantitative estimate of drug-likeness (QED) is 0.807. The summed E-state index contributed by atoms with van der Waals surface area (Å²) in [6, 6.07) is 0. The highest BCUT2D eigenvalue weighted by molar-refractivity contribution is 4.95. The number of nitrogens with zero attached hydrogens (tertiary/aromatic N) is 2. The van der Waals surface area contributed by atoms with E-state index in [1.807, 2.05) is 0 Å². The number of nitrogens with one attached hydrogen (secondary N) is 1. The molecule has 1 unspecified atom stereocenters. The first-order valence-corrected chi connectivity index (χ1v) is 5.51. The van der Waals surface area contributed by atoms with Gasteiger partial charge in [0, 0.05) is 6.61 Å². The Bertz CT molecular complexity index is 295. The van der Waals surface area contributed by atoms with Crippen molar-refractivity contribution in [2.45, 2.75) is 32.2 Å². The molecule has 1 aromatic rings. The second-order valence-electron chi connectivity index (χ2n) is 3.74.